The third kappa shape index (κ3) is 4.63. The molecule has 152 valence electrons. The molecule has 0 aromatic heterocycles. The molecule has 2 aromatic rings. The minimum Gasteiger partial charge on any atom is -0.492 e. The number of hydrogen-bond donors (Lipinski definition) is 1. The van der Waals surface area contributed by atoms with Crippen LogP contribution < -0.4 is 19.7 Å². The van der Waals surface area contributed by atoms with E-state index in [4.69, 9.17) is 25.8 Å². The van der Waals surface area contributed by atoms with Gasteiger partial charge in [0.05, 0.1) is 12.2 Å². The molecule has 8 heteroatoms. The fourth-order valence-corrected chi connectivity index (χ4v) is 3.44. The summed E-state index contributed by atoms with van der Waals surface area (Å²) >= 11 is 5.87. The van der Waals surface area contributed by atoms with Gasteiger partial charge in [-0.15, -0.1) is 0 Å². The topological polar surface area (TPSA) is 77.1 Å². The largest absolute Gasteiger partial charge is 0.492 e. The Labute approximate surface area is 173 Å². The van der Waals surface area contributed by atoms with Crippen molar-refractivity contribution in [2.75, 3.05) is 36.6 Å². The molecule has 2 amide bonds. The Hall–Kier alpha value is -2.77. The smallest absolute Gasteiger partial charge is 0.265 e. The second-order valence-electron chi connectivity index (χ2n) is 6.81. The fourth-order valence-electron chi connectivity index (χ4n) is 3.32. The number of carbonyl (C=O) groups excluding carboxylic acids is 2. The van der Waals surface area contributed by atoms with Crippen LogP contribution in [0.25, 0.3) is 0 Å². The third-order valence-electron chi connectivity index (χ3n) is 4.79. The van der Waals surface area contributed by atoms with Gasteiger partial charge in [0, 0.05) is 17.3 Å². The Balaban J connectivity index is 1.44. The Kier molecular flexibility index (Phi) is 5.87. The molecule has 0 aliphatic carbocycles. The van der Waals surface area contributed by atoms with Crippen LogP contribution in [0, 0.1) is 0 Å². The van der Waals surface area contributed by atoms with Crippen molar-refractivity contribution in [3.05, 3.63) is 47.5 Å². The van der Waals surface area contributed by atoms with Crippen molar-refractivity contribution in [2.45, 2.75) is 18.9 Å². The maximum atomic E-state index is 12.4. The normalized spacial score (nSPS) is 18.2. The predicted molar refractivity (Wildman–Crippen MR) is 109 cm³/mol. The van der Waals surface area contributed by atoms with E-state index < -0.39 is 6.10 Å². The van der Waals surface area contributed by atoms with Crippen molar-refractivity contribution in [1.82, 2.24) is 0 Å². The highest BCUT2D eigenvalue weighted by molar-refractivity contribution is 6.30. The maximum Gasteiger partial charge on any atom is 0.265 e. The summed E-state index contributed by atoms with van der Waals surface area (Å²) in [7, 11) is 0. The summed E-state index contributed by atoms with van der Waals surface area (Å²) < 4.78 is 16.6. The first-order valence-corrected chi connectivity index (χ1v) is 9.86. The molecule has 1 unspecified atom stereocenters. The number of ether oxygens (including phenoxy) is 3. The van der Waals surface area contributed by atoms with Crippen LogP contribution in [-0.2, 0) is 14.3 Å². The van der Waals surface area contributed by atoms with E-state index in [1.54, 1.807) is 47.4 Å². The van der Waals surface area contributed by atoms with E-state index in [2.05, 4.69) is 5.32 Å². The highest BCUT2D eigenvalue weighted by Gasteiger charge is 2.27. The van der Waals surface area contributed by atoms with Gasteiger partial charge in [-0.25, -0.2) is 0 Å². The molecule has 1 N–H and O–H groups in total. The fraction of sp³-hybridized carbons (Fsp3) is 0.333. The number of benzene rings is 2. The van der Waals surface area contributed by atoms with Crippen molar-refractivity contribution < 1.29 is 23.8 Å². The molecule has 0 saturated carbocycles. The Bertz CT molecular complexity index is 896. The zero-order valence-electron chi connectivity index (χ0n) is 15.7. The Morgan fingerprint density at radius 2 is 2.07 bits per heavy atom. The molecule has 2 heterocycles. The highest BCUT2D eigenvalue weighted by Crippen LogP contribution is 2.34. The van der Waals surface area contributed by atoms with Crippen molar-refractivity contribution in [3.63, 3.8) is 0 Å². The monoisotopic (exact) mass is 416 g/mol. The molecule has 1 saturated heterocycles. The molecule has 0 radical (unpaired) electrons. The van der Waals surface area contributed by atoms with Crippen molar-refractivity contribution in [3.8, 4) is 11.5 Å². The number of fused-ring (bicyclic) bond motifs is 1. The quantitative estimate of drug-likeness (QED) is 0.782. The number of carbonyl (C=O) groups is 2. The van der Waals surface area contributed by atoms with Crippen LogP contribution in [-0.4, -0.2) is 44.3 Å². The van der Waals surface area contributed by atoms with Crippen LogP contribution >= 0.6 is 11.6 Å². The average Bonchev–Trinajstić information content (AvgIpc) is 3.26. The van der Waals surface area contributed by atoms with Crippen LogP contribution in [0.4, 0.5) is 11.4 Å². The number of rotatable bonds is 6. The SMILES string of the molecule is O=C(Nc1ccc2c(c1)N(CCOc1ccc(Cl)cc1)C(=O)CO2)C1CCCO1. The summed E-state index contributed by atoms with van der Waals surface area (Å²) in [4.78, 5) is 26.3. The summed E-state index contributed by atoms with van der Waals surface area (Å²) in [5.74, 6) is 0.919. The first-order chi connectivity index (χ1) is 14.1. The van der Waals surface area contributed by atoms with E-state index in [9.17, 15) is 9.59 Å². The standard InChI is InChI=1S/C21H21ClN2O5/c22-14-3-6-16(7-4-14)27-11-9-24-17-12-15(5-8-18(17)29-13-20(24)25)23-21(26)19-2-1-10-28-19/h3-8,12,19H,1-2,9-11,13H2,(H,23,26). The van der Waals surface area contributed by atoms with Gasteiger partial charge in [-0.05, 0) is 55.3 Å². The van der Waals surface area contributed by atoms with Gasteiger partial charge < -0.3 is 24.4 Å². The molecule has 4 rings (SSSR count). The summed E-state index contributed by atoms with van der Waals surface area (Å²) in [6, 6.07) is 12.3. The average molecular weight is 417 g/mol. The van der Waals surface area contributed by atoms with Crippen molar-refractivity contribution in [2.24, 2.45) is 0 Å². The molecule has 2 aliphatic heterocycles. The number of nitrogens with one attached hydrogen (secondary N) is 1. The number of hydrogen-bond acceptors (Lipinski definition) is 5. The molecule has 2 aliphatic rings. The van der Waals surface area contributed by atoms with E-state index >= 15 is 0 Å². The molecule has 7 nitrogen and oxygen atoms in total. The number of nitrogens with zero attached hydrogens (tertiary/aromatic N) is 1. The second-order valence-corrected chi connectivity index (χ2v) is 7.25. The van der Waals surface area contributed by atoms with E-state index in [0.717, 1.165) is 6.42 Å². The van der Waals surface area contributed by atoms with Gasteiger partial charge in [0.1, 0.15) is 24.2 Å². The molecular weight excluding hydrogens is 396 g/mol. The summed E-state index contributed by atoms with van der Waals surface area (Å²) in [6.45, 7) is 1.22. The molecule has 2 aromatic carbocycles. The van der Waals surface area contributed by atoms with E-state index in [1.165, 1.54) is 0 Å². The zero-order chi connectivity index (χ0) is 20.2. The molecule has 1 atom stereocenters. The van der Waals surface area contributed by atoms with Gasteiger partial charge >= 0.3 is 0 Å². The van der Waals surface area contributed by atoms with Crippen LogP contribution in [0.1, 0.15) is 12.8 Å². The summed E-state index contributed by atoms with van der Waals surface area (Å²) in [5.41, 5.74) is 1.19. The van der Waals surface area contributed by atoms with E-state index in [0.29, 0.717) is 54.1 Å². The molecule has 0 spiro atoms. The predicted octanol–water partition coefficient (Wildman–Crippen LogP) is 3.26. The second kappa shape index (κ2) is 8.71. The number of anilines is 2. The molecule has 0 bridgehead atoms. The summed E-state index contributed by atoms with van der Waals surface area (Å²) in [6.07, 6.45) is 1.17. The Morgan fingerprint density at radius 1 is 1.24 bits per heavy atom. The minimum atomic E-state index is -0.423. The molecule has 1 fully saturated rings. The molecule has 29 heavy (non-hydrogen) atoms. The van der Waals surface area contributed by atoms with Gasteiger partial charge in [0.2, 0.25) is 0 Å². The van der Waals surface area contributed by atoms with Crippen LogP contribution in [0.15, 0.2) is 42.5 Å². The van der Waals surface area contributed by atoms with E-state index in [-0.39, 0.29) is 18.4 Å². The maximum absolute atomic E-state index is 12.4. The lowest BCUT2D eigenvalue weighted by molar-refractivity contribution is -0.124. The summed E-state index contributed by atoms with van der Waals surface area (Å²) in [5, 5.41) is 3.49. The highest BCUT2D eigenvalue weighted by atomic mass is 35.5. The first kappa shape index (κ1) is 19.5. The van der Waals surface area contributed by atoms with Crippen molar-refractivity contribution in [1.29, 1.82) is 0 Å². The number of amides is 2. The van der Waals surface area contributed by atoms with Crippen LogP contribution in [0.3, 0.4) is 0 Å². The number of halogens is 1. The van der Waals surface area contributed by atoms with Gasteiger partial charge in [-0.1, -0.05) is 11.6 Å². The first-order valence-electron chi connectivity index (χ1n) is 9.48. The van der Waals surface area contributed by atoms with Gasteiger partial charge in [-0.2, -0.15) is 0 Å². The van der Waals surface area contributed by atoms with Crippen LogP contribution in [0.5, 0.6) is 11.5 Å². The van der Waals surface area contributed by atoms with Crippen molar-refractivity contribution >= 4 is 34.8 Å². The molecular formula is C21H21ClN2O5. The van der Waals surface area contributed by atoms with E-state index in [1.807, 2.05) is 0 Å². The third-order valence-corrected chi connectivity index (χ3v) is 5.04. The van der Waals surface area contributed by atoms with Gasteiger partial charge in [-0.3, -0.25) is 9.59 Å². The lowest BCUT2D eigenvalue weighted by Gasteiger charge is -2.29. The van der Waals surface area contributed by atoms with Gasteiger partial charge in [0.25, 0.3) is 11.8 Å². The lowest BCUT2D eigenvalue weighted by Crippen LogP contribution is -2.41. The minimum absolute atomic E-state index is 0.0322. The Morgan fingerprint density at radius 3 is 2.83 bits per heavy atom. The lowest BCUT2D eigenvalue weighted by atomic mass is 10.2. The van der Waals surface area contributed by atoms with Crippen LogP contribution in [0.2, 0.25) is 5.02 Å². The van der Waals surface area contributed by atoms with Gasteiger partial charge in [0.15, 0.2) is 6.61 Å². The zero-order valence-corrected chi connectivity index (χ0v) is 16.5.